The van der Waals surface area contributed by atoms with Gasteiger partial charge in [0.2, 0.25) is 5.91 Å². The molecule has 0 aliphatic heterocycles. The molecule has 0 aromatic rings. The van der Waals surface area contributed by atoms with Gasteiger partial charge in [0, 0.05) is 12.3 Å². The topological polar surface area (TPSA) is 139 Å². The third-order valence-electron chi connectivity index (χ3n) is 2.11. The summed E-state index contributed by atoms with van der Waals surface area (Å²) in [6.07, 6.45) is -1.02. The first-order chi connectivity index (χ1) is 8.46. The number of carboxylic acid groups (broad SMARTS) is 1. The van der Waals surface area contributed by atoms with E-state index in [0.717, 1.165) is 0 Å². The number of rotatable bonds is 9. The van der Waals surface area contributed by atoms with Crippen LogP contribution in [0.4, 0.5) is 0 Å². The van der Waals surface area contributed by atoms with Gasteiger partial charge in [0.1, 0.15) is 6.04 Å². The summed E-state index contributed by atoms with van der Waals surface area (Å²) in [7, 11) is 0. The molecule has 0 aliphatic rings. The minimum atomic E-state index is -1.38. The van der Waals surface area contributed by atoms with Crippen LogP contribution in [0.1, 0.15) is 0 Å². The Morgan fingerprint density at radius 1 is 1.17 bits per heavy atom. The van der Waals surface area contributed by atoms with Crippen molar-refractivity contribution in [2.45, 2.75) is 18.2 Å². The van der Waals surface area contributed by atoms with Gasteiger partial charge in [-0.3, -0.25) is 4.79 Å². The van der Waals surface area contributed by atoms with Crippen LogP contribution >= 0.6 is 12.6 Å². The second-order valence-corrected chi connectivity index (χ2v) is 3.93. The maximum atomic E-state index is 11.6. The van der Waals surface area contributed by atoms with E-state index >= 15 is 0 Å². The molecule has 18 heavy (non-hydrogen) atoms. The smallest absolute Gasteiger partial charge is 0.328 e. The SMILES string of the molecule is O=C(O)C(CO)NC(=O)C(CS)NCC(O)CO. The minimum absolute atomic E-state index is 0.0357. The normalized spacial score (nSPS) is 15.8. The highest BCUT2D eigenvalue weighted by Gasteiger charge is 2.24. The van der Waals surface area contributed by atoms with E-state index in [-0.39, 0.29) is 12.3 Å². The van der Waals surface area contributed by atoms with Crippen LogP contribution in [-0.2, 0) is 9.59 Å². The molecular formula is C9H18N2O6S. The number of amides is 1. The molecule has 6 N–H and O–H groups in total. The highest BCUT2D eigenvalue weighted by Crippen LogP contribution is 1.92. The van der Waals surface area contributed by atoms with E-state index in [1.54, 1.807) is 0 Å². The van der Waals surface area contributed by atoms with E-state index in [1.165, 1.54) is 0 Å². The van der Waals surface area contributed by atoms with Crippen molar-refractivity contribution in [3.8, 4) is 0 Å². The van der Waals surface area contributed by atoms with Crippen molar-refractivity contribution >= 4 is 24.5 Å². The van der Waals surface area contributed by atoms with E-state index in [0.29, 0.717) is 0 Å². The van der Waals surface area contributed by atoms with E-state index in [4.69, 9.17) is 20.4 Å². The number of carbonyl (C=O) groups is 2. The summed E-state index contributed by atoms with van der Waals surface area (Å²) in [6, 6.07) is -2.22. The summed E-state index contributed by atoms with van der Waals surface area (Å²) < 4.78 is 0. The molecule has 0 saturated carbocycles. The lowest BCUT2D eigenvalue weighted by atomic mass is 10.2. The Labute approximate surface area is 109 Å². The van der Waals surface area contributed by atoms with E-state index in [2.05, 4.69) is 23.3 Å². The second-order valence-electron chi connectivity index (χ2n) is 3.56. The number of nitrogens with one attached hydrogen (secondary N) is 2. The Kier molecular flexibility index (Phi) is 8.67. The Bertz CT molecular complexity index is 278. The zero-order valence-corrected chi connectivity index (χ0v) is 10.5. The molecule has 0 spiro atoms. The highest BCUT2D eigenvalue weighted by molar-refractivity contribution is 7.80. The fourth-order valence-corrected chi connectivity index (χ4v) is 1.34. The first-order valence-electron chi connectivity index (χ1n) is 5.23. The van der Waals surface area contributed by atoms with Gasteiger partial charge in [-0.15, -0.1) is 0 Å². The molecule has 3 unspecified atom stereocenters. The largest absolute Gasteiger partial charge is 0.480 e. The number of thiol groups is 1. The summed E-state index contributed by atoms with van der Waals surface area (Å²) in [6.45, 7) is -1.21. The number of hydrogen-bond donors (Lipinski definition) is 7. The zero-order valence-electron chi connectivity index (χ0n) is 9.61. The van der Waals surface area contributed by atoms with Gasteiger partial charge < -0.3 is 31.1 Å². The monoisotopic (exact) mass is 282 g/mol. The van der Waals surface area contributed by atoms with Crippen molar-refractivity contribution < 1.29 is 30.0 Å². The van der Waals surface area contributed by atoms with Crippen molar-refractivity contribution in [2.75, 3.05) is 25.5 Å². The van der Waals surface area contributed by atoms with E-state index < -0.39 is 43.3 Å². The van der Waals surface area contributed by atoms with Gasteiger partial charge in [-0.1, -0.05) is 0 Å². The lowest BCUT2D eigenvalue weighted by Crippen LogP contribution is -2.53. The number of hydrogen-bond acceptors (Lipinski definition) is 7. The summed E-state index contributed by atoms with van der Waals surface area (Å²) in [5.74, 6) is -1.93. The molecule has 0 aromatic heterocycles. The first-order valence-corrected chi connectivity index (χ1v) is 5.86. The summed E-state index contributed by atoms with van der Waals surface area (Å²) >= 11 is 3.91. The maximum absolute atomic E-state index is 11.6. The number of aliphatic hydroxyl groups excluding tert-OH is 3. The van der Waals surface area contributed by atoms with Crippen LogP contribution in [0, 0.1) is 0 Å². The Morgan fingerprint density at radius 3 is 2.17 bits per heavy atom. The summed E-state index contributed by atoms with van der Waals surface area (Å²) in [5.41, 5.74) is 0. The molecule has 0 aliphatic carbocycles. The van der Waals surface area contributed by atoms with Gasteiger partial charge in [0.15, 0.2) is 0 Å². The van der Waals surface area contributed by atoms with Crippen LogP contribution in [0.2, 0.25) is 0 Å². The maximum Gasteiger partial charge on any atom is 0.328 e. The molecule has 9 heteroatoms. The Hall–Kier alpha value is -0.870. The van der Waals surface area contributed by atoms with Gasteiger partial charge in [-0.05, 0) is 0 Å². The summed E-state index contributed by atoms with van der Waals surface area (Å²) in [5, 5.41) is 39.8. The van der Waals surface area contributed by atoms with E-state index in [1.807, 2.05) is 0 Å². The molecule has 106 valence electrons. The van der Waals surface area contributed by atoms with Gasteiger partial charge in [-0.2, -0.15) is 12.6 Å². The number of carboxylic acids is 1. The van der Waals surface area contributed by atoms with Crippen LogP contribution in [-0.4, -0.2) is 76.0 Å². The van der Waals surface area contributed by atoms with Crippen LogP contribution in [0.15, 0.2) is 0 Å². The van der Waals surface area contributed by atoms with Gasteiger partial charge in [0.05, 0.1) is 25.4 Å². The third-order valence-corrected chi connectivity index (χ3v) is 2.47. The predicted octanol–water partition coefficient (Wildman–Crippen LogP) is -3.21. The highest BCUT2D eigenvalue weighted by atomic mass is 32.1. The number of carbonyl (C=O) groups excluding carboxylic acids is 1. The minimum Gasteiger partial charge on any atom is -0.480 e. The average Bonchev–Trinajstić information content (AvgIpc) is 2.35. The molecule has 8 nitrogen and oxygen atoms in total. The number of aliphatic hydroxyl groups is 3. The van der Waals surface area contributed by atoms with Crippen molar-refractivity contribution in [3.63, 3.8) is 0 Å². The molecule has 0 rings (SSSR count). The first kappa shape index (κ1) is 17.1. The zero-order chi connectivity index (χ0) is 14.1. The lowest BCUT2D eigenvalue weighted by molar-refractivity contribution is -0.143. The van der Waals surface area contributed by atoms with Gasteiger partial charge >= 0.3 is 5.97 Å². The second kappa shape index (κ2) is 9.11. The van der Waals surface area contributed by atoms with Crippen LogP contribution in [0.3, 0.4) is 0 Å². The molecule has 0 bridgehead atoms. The molecule has 0 heterocycles. The molecule has 0 fully saturated rings. The Balaban J connectivity index is 4.29. The average molecular weight is 282 g/mol. The Morgan fingerprint density at radius 2 is 1.78 bits per heavy atom. The summed E-state index contributed by atoms with van der Waals surface area (Å²) in [4.78, 5) is 22.2. The van der Waals surface area contributed by atoms with Crippen LogP contribution in [0.25, 0.3) is 0 Å². The lowest BCUT2D eigenvalue weighted by Gasteiger charge is -2.20. The fraction of sp³-hybridized carbons (Fsp3) is 0.778. The van der Waals surface area contributed by atoms with Crippen molar-refractivity contribution in [1.29, 1.82) is 0 Å². The van der Waals surface area contributed by atoms with Gasteiger partial charge in [0.25, 0.3) is 0 Å². The molecule has 1 amide bonds. The van der Waals surface area contributed by atoms with Crippen molar-refractivity contribution in [2.24, 2.45) is 0 Å². The fourth-order valence-electron chi connectivity index (χ4n) is 1.04. The third kappa shape index (κ3) is 6.17. The molecular weight excluding hydrogens is 264 g/mol. The van der Waals surface area contributed by atoms with Crippen molar-refractivity contribution in [3.05, 3.63) is 0 Å². The standard InChI is InChI=1S/C9H18N2O6S/c12-2-5(14)1-10-7(4-18)8(15)11-6(3-13)9(16)17/h5-7,10,12-14,18H,1-4H2,(H,11,15)(H,16,17). The molecule has 3 atom stereocenters. The molecule has 0 saturated heterocycles. The predicted molar refractivity (Wildman–Crippen MR) is 65.4 cm³/mol. The van der Waals surface area contributed by atoms with E-state index in [9.17, 15) is 9.59 Å². The quantitative estimate of drug-likeness (QED) is 0.221. The van der Waals surface area contributed by atoms with Crippen LogP contribution < -0.4 is 10.6 Å². The molecule has 0 aromatic carbocycles. The van der Waals surface area contributed by atoms with Crippen molar-refractivity contribution in [1.82, 2.24) is 10.6 Å². The van der Waals surface area contributed by atoms with Crippen LogP contribution in [0.5, 0.6) is 0 Å². The van der Waals surface area contributed by atoms with Gasteiger partial charge in [-0.25, -0.2) is 4.79 Å². The molecule has 0 radical (unpaired) electrons. The number of aliphatic carboxylic acids is 1.